The molecule has 1 N–H and O–H groups in total. The molecule has 3 rings (SSSR count). The number of likely N-dealkylation sites (N-methyl/N-ethyl adjacent to an activating group) is 1. The molecule has 0 aliphatic carbocycles. The van der Waals surface area contributed by atoms with Crippen LogP contribution in [0.3, 0.4) is 0 Å². The third-order valence-corrected chi connectivity index (χ3v) is 4.46. The van der Waals surface area contributed by atoms with E-state index in [1.807, 2.05) is 6.07 Å². The number of para-hydroxylation sites is 1. The van der Waals surface area contributed by atoms with Gasteiger partial charge >= 0.3 is 0 Å². The van der Waals surface area contributed by atoms with E-state index in [4.69, 9.17) is 5.26 Å². The van der Waals surface area contributed by atoms with Crippen molar-refractivity contribution >= 4 is 17.3 Å². The van der Waals surface area contributed by atoms with Crippen LogP contribution in [-0.4, -0.2) is 48.5 Å². The maximum Gasteiger partial charge on any atom is 0.274 e. The molecular formula is C19H21N5O. The Balaban J connectivity index is 1.66. The Morgan fingerprint density at radius 3 is 2.60 bits per heavy atom. The molecular weight excluding hydrogens is 314 g/mol. The number of rotatable bonds is 4. The lowest BCUT2D eigenvalue weighted by molar-refractivity contribution is 0.102. The molecule has 0 spiro atoms. The molecule has 0 radical (unpaired) electrons. The van der Waals surface area contributed by atoms with Crippen LogP contribution in [0.5, 0.6) is 0 Å². The second-order valence-electron chi connectivity index (χ2n) is 5.93. The highest BCUT2D eigenvalue weighted by atomic mass is 16.1. The lowest BCUT2D eigenvalue weighted by atomic mass is 10.2. The maximum absolute atomic E-state index is 12.3. The summed E-state index contributed by atoms with van der Waals surface area (Å²) in [5.41, 5.74) is 2.30. The highest BCUT2D eigenvalue weighted by Crippen LogP contribution is 2.17. The number of carbonyl (C=O) groups is 1. The van der Waals surface area contributed by atoms with Gasteiger partial charge in [-0.2, -0.15) is 5.26 Å². The standard InChI is InChI=1S/C19H21N5O/c1-2-23-9-11-24(12-10-23)16-7-8-18(21-14-16)19(25)22-17-6-4-3-5-15(17)13-20/h3-8,14H,2,9-12H2,1H3,(H,22,25). The second-order valence-corrected chi connectivity index (χ2v) is 5.93. The molecule has 128 valence electrons. The lowest BCUT2D eigenvalue weighted by Crippen LogP contribution is -2.46. The normalized spacial score (nSPS) is 14.8. The zero-order valence-corrected chi connectivity index (χ0v) is 14.3. The van der Waals surface area contributed by atoms with E-state index in [9.17, 15) is 4.79 Å². The van der Waals surface area contributed by atoms with E-state index in [1.165, 1.54) is 0 Å². The van der Waals surface area contributed by atoms with Gasteiger partial charge in [0.15, 0.2) is 0 Å². The Hall–Kier alpha value is -2.91. The first-order valence-electron chi connectivity index (χ1n) is 8.45. The van der Waals surface area contributed by atoms with Crippen molar-refractivity contribution in [3.8, 4) is 6.07 Å². The third-order valence-electron chi connectivity index (χ3n) is 4.46. The smallest absolute Gasteiger partial charge is 0.274 e. The molecule has 2 aromatic rings. The van der Waals surface area contributed by atoms with Gasteiger partial charge in [-0.15, -0.1) is 0 Å². The fraction of sp³-hybridized carbons (Fsp3) is 0.316. The van der Waals surface area contributed by atoms with E-state index >= 15 is 0 Å². The highest BCUT2D eigenvalue weighted by Gasteiger charge is 2.17. The predicted octanol–water partition coefficient (Wildman–Crippen LogP) is 2.35. The lowest BCUT2D eigenvalue weighted by Gasteiger charge is -2.35. The SMILES string of the molecule is CCN1CCN(c2ccc(C(=O)Nc3ccccc3C#N)nc2)CC1. The summed E-state index contributed by atoms with van der Waals surface area (Å²) in [5, 5.41) is 11.8. The molecule has 0 bridgehead atoms. The zero-order valence-electron chi connectivity index (χ0n) is 14.3. The minimum Gasteiger partial charge on any atom is -0.368 e. The average Bonchev–Trinajstić information content (AvgIpc) is 2.68. The molecule has 6 nitrogen and oxygen atoms in total. The van der Waals surface area contributed by atoms with Gasteiger partial charge in [-0.3, -0.25) is 4.79 Å². The maximum atomic E-state index is 12.3. The fourth-order valence-electron chi connectivity index (χ4n) is 2.91. The Morgan fingerprint density at radius 2 is 1.96 bits per heavy atom. The van der Waals surface area contributed by atoms with E-state index in [0.29, 0.717) is 16.9 Å². The number of nitrogens with zero attached hydrogens (tertiary/aromatic N) is 4. The molecule has 25 heavy (non-hydrogen) atoms. The van der Waals surface area contributed by atoms with Crippen LogP contribution in [0.4, 0.5) is 11.4 Å². The van der Waals surface area contributed by atoms with Crippen molar-refractivity contribution in [2.45, 2.75) is 6.92 Å². The van der Waals surface area contributed by atoms with Crippen LogP contribution >= 0.6 is 0 Å². The van der Waals surface area contributed by atoms with Gasteiger partial charge in [0.25, 0.3) is 5.91 Å². The van der Waals surface area contributed by atoms with Crippen molar-refractivity contribution in [3.05, 3.63) is 53.9 Å². The van der Waals surface area contributed by atoms with E-state index in [0.717, 1.165) is 38.4 Å². The van der Waals surface area contributed by atoms with Crippen LogP contribution in [0.15, 0.2) is 42.6 Å². The largest absolute Gasteiger partial charge is 0.368 e. The van der Waals surface area contributed by atoms with E-state index in [1.54, 1.807) is 36.5 Å². The van der Waals surface area contributed by atoms with Crippen LogP contribution in [0, 0.1) is 11.3 Å². The average molecular weight is 335 g/mol. The summed E-state index contributed by atoms with van der Waals surface area (Å²) in [6, 6.07) is 12.6. The van der Waals surface area contributed by atoms with E-state index in [2.05, 4.69) is 33.1 Å². The Labute approximate surface area is 147 Å². The topological polar surface area (TPSA) is 72.3 Å². The summed E-state index contributed by atoms with van der Waals surface area (Å²) in [6.07, 6.45) is 1.74. The van der Waals surface area contributed by atoms with Gasteiger partial charge in [-0.1, -0.05) is 19.1 Å². The summed E-state index contributed by atoms with van der Waals surface area (Å²) in [6.45, 7) is 7.28. The molecule has 1 saturated heterocycles. The van der Waals surface area contributed by atoms with Gasteiger partial charge < -0.3 is 15.1 Å². The van der Waals surface area contributed by atoms with Crippen LogP contribution in [0.2, 0.25) is 0 Å². The Bertz CT molecular complexity index is 773. The quantitative estimate of drug-likeness (QED) is 0.928. The van der Waals surface area contributed by atoms with Crippen molar-refractivity contribution in [1.82, 2.24) is 9.88 Å². The number of amides is 1. The molecule has 1 aromatic heterocycles. The molecule has 1 amide bonds. The summed E-state index contributed by atoms with van der Waals surface area (Å²) < 4.78 is 0. The van der Waals surface area contributed by atoms with Gasteiger partial charge in [0.1, 0.15) is 11.8 Å². The van der Waals surface area contributed by atoms with Crippen LogP contribution < -0.4 is 10.2 Å². The molecule has 0 atom stereocenters. The molecule has 1 aliphatic rings. The van der Waals surface area contributed by atoms with Crippen molar-refractivity contribution in [2.24, 2.45) is 0 Å². The van der Waals surface area contributed by atoms with Gasteiger partial charge in [0, 0.05) is 26.2 Å². The van der Waals surface area contributed by atoms with Crippen molar-refractivity contribution in [1.29, 1.82) is 5.26 Å². The molecule has 0 saturated carbocycles. The van der Waals surface area contributed by atoms with Crippen LogP contribution in [0.1, 0.15) is 23.0 Å². The number of benzene rings is 1. The monoisotopic (exact) mass is 335 g/mol. The number of pyridine rings is 1. The molecule has 6 heteroatoms. The Morgan fingerprint density at radius 1 is 1.20 bits per heavy atom. The third kappa shape index (κ3) is 3.95. The summed E-state index contributed by atoms with van der Waals surface area (Å²) in [4.78, 5) is 21.3. The number of piperazine rings is 1. The number of nitriles is 1. The van der Waals surface area contributed by atoms with E-state index < -0.39 is 0 Å². The first-order valence-corrected chi connectivity index (χ1v) is 8.45. The first kappa shape index (κ1) is 16.9. The summed E-state index contributed by atoms with van der Waals surface area (Å²) >= 11 is 0. The van der Waals surface area contributed by atoms with Crippen LogP contribution in [-0.2, 0) is 0 Å². The first-order chi connectivity index (χ1) is 12.2. The molecule has 1 aromatic carbocycles. The minimum atomic E-state index is -0.315. The minimum absolute atomic E-state index is 0.315. The number of anilines is 2. The predicted molar refractivity (Wildman–Crippen MR) is 97.7 cm³/mol. The number of aromatic nitrogens is 1. The Kier molecular flexibility index (Phi) is 5.26. The second kappa shape index (κ2) is 7.77. The number of nitrogens with one attached hydrogen (secondary N) is 1. The summed E-state index contributed by atoms with van der Waals surface area (Å²) in [7, 11) is 0. The van der Waals surface area contributed by atoms with Crippen molar-refractivity contribution < 1.29 is 4.79 Å². The van der Waals surface area contributed by atoms with Gasteiger partial charge in [0.05, 0.1) is 23.1 Å². The summed E-state index contributed by atoms with van der Waals surface area (Å²) in [5.74, 6) is -0.315. The van der Waals surface area contributed by atoms with E-state index in [-0.39, 0.29) is 5.91 Å². The molecule has 1 fully saturated rings. The van der Waals surface area contributed by atoms with Gasteiger partial charge in [-0.25, -0.2) is 4.98 Å². The van der Waals surface area contributed by atoms with Gasteiger partial charge in [-0.05, 0) is 30.8 Å². The highest BCUT2D eigenvalue weighted by molar-refractivity contribution is 6.03. The fourth-order valence-corrected chi connectivity index (χ4v) is 2.91. The number of hydrogen-bond donors (Lipinski definition) is 1. The molecule has 2 heterocycles. The number of carbonyl (C=O) groups excluding carboxylic acids is 1. The van der Waals surface area contributed by atoms with Gasteiger partial charge in [0.2, 0.25) is 0 Å². The van der Waals surface area contributed by atoms with Crippen LogP contribution in [0.25, 0.3) is 0 Å². The molecule has 0 unspecified atom stereocenters. The van der Waals surface area contributed by atoms with Crippen molar-refractivity contribution in [2.75, 3.05) is 42.9 Å². The number of hydrogen-bond acceptors (Lipinski definition) is 5. The van der Waals surface area contributed by atoms with Crippen molar-refractivity contribution in [3.63, 3.8) is 0 Å². The molecule has 1 aliphatic heterocycles. The zero-order chi connectivity index (χ0) is 17.6.